The molecule has 1 aliphatic carbocycles. The van der Waals surface area contributed by atoms with Crippen molar-refractivity contribution in [3.05, 3.63) is 35.4 Å². The van der Waals surface area contributed by atoms with Crippen molar-refractivity contribution in [3.8, 4) is 0 Å². The average molecular weight is 276 g/mol. The molecule has 3 nitrogen and oxygen atoms in total. The number of thiocarbonyl (C=S) groups is 1. The van der Waals surface area contributed by atoms with Gasteiger partial charge in [-0.3, -0.25) is 4.79 Å². The first kappa shape index (κ1) is 14.0. The van der Waals surface area contributed by atoms with Gasteiger partial charge in [-0.1, -0.05) is 43.4 Å². The summed E-state index contributed by atoms with van der Waals surface area (Å²) in [5.74, 6) is 0.493. The highest BCUT2D eigenvalue weighted by Crippen LogP contribution is 2.46. The summed E-state index contributed by atoms with van der Waals surface area (Å²) >= 11 is 5.08. The van der Waals surface area contributed by atoms with E-state index in [1.54, 1.807) is 0 Å². The lowest BCUT2D eigenvalue weighted by molar-refractivity contribution is -0.133. The fourth-order valence-electron chi connectivity index (χ4n) is 2.78. The fourth-order valence-corrected chi connectivity index (χ4v) is 3.04. The first-order valence-corrected chi connectivity index (χ1v) is 6.99. The van der Waals surface area contributed by atoms with Gasteiger partial charge in [0.05, 0.1) is 10.4 Å². The second kappa shape index (κ2) is 5.29. The number of hydrogen-bond acceptors (Lipinski definition) is 2. The van der Waals surface area contributed by atoms with Crippen molar-refractivity contribution in [2.24, 2.45) is 17.1 Å². The molecule has 0 atom stereocenters. The van der Waals surface area contributed by atoms with Crippen LogP contribution in [0.4, 0.5) is 0 Å². The highest BCUT2D eigenvalue weighted by Gasteiger charge is 2.50. The van der Waals surface area contributed by atoms with Crippen LogP contribution in [0.1, 0.15) is 30.9 Å². The molecule has 0 spiro atoms. The number of nitrogens with two attached hydrogens (primary N) is 1. The van der Waals surface area contributed by atoms with Crippen LogP contribution >= 0.6 is 12.2 Å². The van der Waals surface area contributed by atoms with Crippen LogP contribution in [0.5, 0.6) is 0 Å². The number of amides is 1. The Bertz CT molecular complexity index is 507. The number of benzene rings is 1. The van der Waals surface area contributed by atoms with Gasteiger partial charge < -0.3 is 11.1 Å². The molecule has 1 aliphatic rings. The Kier molecular flexibility index (Phi) is 3.90. The van der Waals surface area contributed by atoms with Crippen LogP contribution in [0.15, 0.2) is 24.3 Å². The van der Waals surface area contributed by atoms with Gasteiger partial charge in [-0.15, -0.1) is 0 Å². The van der Waals surface area contributed by atoms with Gasteiger partial charge in [-0.2, -0.15) is 0 Å². The Balaban J connectivity index is 2.02. The third-order valence-corrected chi connectivity index (χ3v) is 4.39. The average Bonchev–Trinajstić information content (AvgIpc) is 2.33. The number of hydrogen-bond donors (Lipinski definition) is 2. The monoisotopic (exact) mass is 276 g/mol. The highest BCUT2D eigenvalue weighted by molar-refractivity contribution is 7.80. The molecule has 1 amide bonds. The lowest BCUT2D eigenvalue weighted by Crippen LogP contribution is -2.55. The van der Waals surface area contributed by atoms with Crippen LogP contribution in [0.3, 0.4) is 0 Å². The van der Waals surface area contributed by atoms with E-state index >= 15 is 0 Å². The molecule has 0 saturated heterocycles. The van der Waals surface area contributed by atoms with E-state index in [9.17, 15) is 4.79 Å². The number of carbonyl (C=O) groups is 1. The first-order chi connectivity index (χ1) is 8.95. The standard InChI is InChI=1S/C15H20N2OS/c1-10-7-15(8-10,13(16)19)14(18)17-9-12-6-4-3-5-11(12)2/h3-6,10H,7-9H2,1-2H3,(H2,16,19)(H,17,18). The van der Waals surface area contributed by atoms with E-state index < -0.39 is 5.41 Å². The molecule has 2 rings (SSSR count). The normalized spacial score (nSPS) is 25.5. The molecule has 0 aromatic heterocycles. The molecule has 19 heavy (non-hydrogen) atoms. The Morgan fingerprint density at radius 2 is 2.11 bits per heavy atom. The molecule has 0 radical (unpaired) electrons. The van der Waals surface area contributed by atoms with E-state index in [2.05, 4.69) is 12.2 Å². The number of aryl methyl sites for hydroxylation is 1. The van der Waals surface area contributed by atoms with Crippen LogP contribution in [0, 0.1) is 18.3 Å². The number of nitrogens with one attached hydrogen (secondary N) is 1. The van der Waals surface area contributed by atoms with Crippen molar-refractivity contribution in [1.82, 2.24) is 5.32 Å². The minimum atomic E-state index is -0.614. The zero-order valence-electron chi connectivity index (χ0n) is 11.4. The molecular formula is C15H20N2OS. The third kappa shape index (κ3) is 2.63. The van der Waals surface area contributed by atoms with Crippen LogP contribution in [0.25, 0.3) is 0 Å². The Morgan fingerprint density at radius 3 is 2.63 bits per heavy atom. The van der Waals surface area contributed by atoms with Crippen LogP contribution in [-0.4, -0.2) is 10.9 Å². The smallest absolute Gasteiger partial charge is 0.233 e. The van der Waals surface area contributed by atoms with Crippen molar-refractivity contribution >= 4 is 23.1 Å². The fraction of sp³-hybridized carbons (Fsp3) is 0.467. The second-order valence-electron chi connectivity index (χ2n) is 5.57. The topological polar surface area (TPSA) is 55.1 Å². The van der Waals surface area contributed by atoms with Gasteiger partial charge in [-0.25, -0.2) is 0 Å². The second-order valence-corrected chi connectivity index (χ2v) is 6.01. The van der Waals surface area contributed by atoms with Gasteiger partial charge >= 0.3 is 0 Å². The van der Waals surface area contributed by atoms with Gasteiger partial charge in [0.2, 0.25) is 5.91 Å². The molecular weight excluding hydrogens is 256 g/mol. The quantitative estimate of drug-likeness (QED) is 0.830. The molecule has 1 fully saturated rings. The van der Waals surface area contributed by atoms with E-state index in [1.165, 1.54) is 5.56 Å². The zero-order valence-corrected chi connectivity index (χ0v) is 12.2. The molecule has 3 N–H and O–H groups in total. The summed E-state index contributed by atoms with van der Waals surface area (Å²) in [6.07, 6.45) is 1.53. The van der Waals surface area contributed by atoms with Gasteiger partial charge in [0.25, 0.3) is 0 Å². The van der Waals surface area contributed by atoms with Crippen molar-refractivity contribution in [1.29, 1.82) is 0 Å². The lowest BCUT2D eigenvalue weighted by atomic mass is 9.62. The SMILES string of the molecule is Cc1ccccc1CNC(=O)C1(C(N)=S)CC(C)C1. The van der Waals surface area contributed by atoms with Crippen LogP contribution < -0.4 is 11.1 Å². The van der Waals surface area contributed by atoms with E-state index in [-0.39, 0.29) is 5.91 Å². The molecule has 0 heterocycles. The molecule has 0 aliphatic heterocycles. The van der Waals surface area contributed by atoms with Gasteiger partial charge in [0.1, 0.15) is 0 Å². The molecule has 1 aromatic carbocycles. The lowest BCUT2D eigenvalue weighted by Gasteiger charge is -2.44. The molecule has 102 valence electrons. The molecule has 0 unspecified atom stereocenters. The summed E-state index contributed by atoms with van der Waals surface area (Å²) in [4.78, 5) is 12.7. The predicted molar refractivity (Wildman–Crippen MR) is 80.6 cm³/mol. The van der Waals surface area contributed by atoms with Crippen LogP contribution in [0.2, 0.25) is 0 Å². The maximum absolute atomic E-state index is 12.3. The van der Waals surface area contributed by atoms with Crippen molar-refractivity contribution in [3.63, 3.8) is 0 Å². The van der Waals surface area contributed by atoms with Gasteiger partial charge in [-0.05, 0) is 36.8 Å². The molecule has 1 saturated carbocycles. The summed E-state index contributed by atoms with van der Waals surface area (Å²) in [6, 6.07) is 8.02. The minimum Gasteiger partial charge on any atom is -0.392 e. The predicted octanol–water partition coefficient (Wildman–Crippen LogP) is 2.31. The van der Waals surface area contributed by atoms with Crippen molar-refractivity contribution in [2.45, 2.75) is 33.2 Å². The summed E-state index contributed by atoms with van der Waals surface area (Å²) in [5, 5.41) is 2.98. The minimum absolute atomic E-state index is 0.0265. The van der Waals surface area contributed by atoms with E-state index in [1.807, 2.05) is 31.2 Å². The van der Waals surface area contributed by atoms with Crippen LogP contribution in [-0.2, 0) is 11.3 Å². The summed E-state index contributed by atoms with van der Waals surface area (Å²) in [6.45, 7) is 4.69. The van der Waals surface area contributed by atoms with Crippen molar-refractivity contribution < 1.29 is 4.79 Å². The molecule has 1 aromatic rings. The maximum atomic E-state index is 12.3. The Morgan fingerprint density at radius 1 is 1.47 bits per heavy atom. The third-order valence-electron chi connectivity index (χ3n) is 4.00. The zero-order chi connectivity index (χ0) is 14.0. The summed E-state index contributed by atoms with van der Waals surface area (Å²) in [7, 11) is 0. The summed E-state index contributed by atoms with van der Waals surface area (Å²) in [5.41, 5.74) is 7.45. The highest BCUT2D eigenvalue weighted by atomic mass is 32.1. The number of rotatable bonds is 4. The van der Waals surface area contributed by atoms with E-state index in [4.69, 9.17) is 18.0 Å². The Hall–Kier alpha value is -1.42. The molecule has 4 heteroatoms. The maximum Gasteiger partial charge on any atom is 0.233 e. The van der Waals surface area contributed by atoms with Crippen molar-refractivity contribution in [2.75, 3.05) is 0 Å². The van der Waals surface area contributed by atoms with E-state index in [0.717, 1.165) is 18.4 Å². The van der Waals surface area contributed by atoms with Gasteiger partial charge in [0, 0.05) is 6.54 Å². The largest absolute Gasteiger partial charge is 0.392 e. The number of carbonyl (C=O) groups excluding carboxylic acids is 1. The first-order valence-electron chi connectivity index (χ1n) is 6.58. The van der Waals surface area contributed by atoms with E-state index in [0.29, 0.717) is 17.5 Å². The molecule has 0 bridgehead atoms. The summed E-state index contributed by atoms with van der Waals surface area (Å²) < 4.78 is 0. The Labute approximate surface area is 119 Å². The van der Waals surface area contributed by atoms with Gasteiger partial charge in [0.15, 0.2) is 0 Å².